The molecule has 0 saturated heterocycles. The van der Waals surface area contributed by atoms with E-state index >= 15 is 0 Å². The van der Waals surface area contributed by atoms with Gasteiger partial charge in [-0.3, -0.25) is 0 Å². The highest BCUT2D eigenvalue weighted by Crippen LogP contribution is 2.41. The van der Waals surface area contributed by atoms with Crippen molar-refractivity contribution in [3.63, 3.8) is 0 Å². The molecule has 0 radical (unpaired) electrons. The minimum atomic E-state index is -0.0828. The first-order valence-electron chi connectivity index (χ1n) is 7.36. The lowest BCUT2D eigenvalue weighted by atomic mass is 9.70. The van der Waals surface area contributed by atoms with E-state index < -0.39 is 0 Å². The SMILES string of the molecule is Cc1cc(-c2ccccc2)c(OCC2(CO)CCC2)nn1. The molecule has 21 heavy (non-hydrogen) atoms. The third-order valence-electron chi connectivity index (χ3n) is 4.23. The number of aliphatic hydroxyl groups excluding tert-OH is 1. The third-order valence-corrected chi connectivity index (χ3v) is 4.23. The van der Waals surface area contributed by atoms with E-state index in [0.29, 0.717) is 12.5 Å². The number of hydrogen-bond donors (Lipinski definition) is 1. The fourth-order valence-corrected chi connectivity index (χ4v) is 2.66. The second kappa shape index (κ2) is 5.82. The molecular formula is C17H20N2O2. The molecule has 0 unspecified atom stereocenters. The van der Waals surface area contributed by atoms with E-state index in [2.05, 4.69) is 10.2 Å². The zero-order chi connectivity index (χ0) is 14.7. The number of ether oxygens (including phenoxy) is 1. The number of hydrogen-bond acceptors (Lipinski definition) is 4. The van der Waals surface area contributed by atoms with Crippen molar-refractivity contribution in [2.45, 2.75) is 26.2 Å². The molecule has 4 heteroatoms. The summed E-state index contributed by atoms with van der Waals surface area (Å²) in [6, 6.07) is 12.0. The predicted molar refractivity (Wildman–Crippen MR) is 81.1 cm³/mol. The van der Waals surface area contributed by atoms with Gasteiger partial charge in [-0.05, 0) is 31.4 Å². The van der Waals surface area contributed by atoms with Crippen LogP contribution in [0.1, 0.15) is 25.0 Å². The molecule has 0 spiro atoms. The normalized spacial score (nSPS) is 16.3. The molecule has 1 aliphatic carbocycles. The minimum Gasteiger partial charge on any atom is -0.475 e. The highest BCUT2D eigenvalue weighted by Gasteiger charge is 2.37. The Labute approximate surface area is 124 Å². The van der Waals surface area contributed by atoms with E-state index in [1.165, 1.54) is 0 Å². The first-order valence-corrected chi connectivity index (χ1v) is 7.36. The van der Waals surface area contributed by atoms with Gasteiger partial charge in [-0.25, -0.2) is 0 Å². The van der Waals surface area contributed by atoms with E-state index in [9.17, 15) is 5.11 Å². The lowest BCUT2D eigenvalue weighted by Gasteiger charge is -2.39. The first kappa shape index (κ1) is 14.0. The van der Waals surface area contributed by atoms with E-state index in [1.54, 1.807) is 0 Å². The van der Waals surface area contributed by atoms with Gasteiger partial charge in [0.25, 0.3) is 0 Å². The summed E-state index contributed by atoms with van der Waals surface area (Å²) in [6.45, 7) is 2.60. The maximum atomic E-state index is 9.53. The molecule has 1 aromatic carbocycles. The molecule has 4 nitrogen and oxygen atoms in total. The van der Waals surface area contributed by atoms with Gasteiger partial charge in [0.2, 0.25) is 5.88 Å². The summed E-state index contributed by atoms with van der Waals surface area (Å²) in [6.07, 6.45) is 3.20. The van der Waals surface area contributed by atoms with Gasteiger partial charge in [-0.15, -0.1) is 5.10 Å². The molecule has 1 N–H and O–H groups in total. The summed E-state index contributed by atoms with van der Waals surface area (Å²) in [7, 11) is 0. The van der Waals surface area contributed by atoms with Crippen LogP contribution in [0.3, 0.4) is 0 Å². The number of aromatic nitrogens is 2. The van der Waals surface area contributed by atoms with Crippen molar-refractivity contribution >= 4 is 0 Å². The van der Waals surface area contributed by atoms with Crippen LogP contribution >= 0.6 is 0 Å². The number of benzene rings is 1. The van der Waals surface area contributed by atoms with Crippen LogP contribution in [0.4, 0.5) is 0 Å². The summed E-state index contributed by atoms with van der Waals surface area (Å²) >= 11 is 0. The van der Waals surface area contributed by atoms with Crippen LogP contribution < -0.4 is 4.74 Å². The van der Waals surface area contributed by atoms with Gasteiger partial charge in [0.05, 0.1) is 18.9 Å². The van der Waals surface area contributed by atoms with Crippen LogP contribution in [0, 0.1) is 12.3 Å². The molecule has 1 aliphatic rings. The molecule has 0 aliphatic heterocycles. The van der Waals surface area contributed by atoms with Crippen LogP contribution in [-0.2, 0) is 0 Å². The van der Waals surface area contributed by atoms with E-state index in [4.69, 9.17) is 4.74 Å². The topological polar surface area (TPSA) is 55.2 Å². The molecule has 1 aromatic heterocycles. The van der Waals surface area contributed by atoms with Crippen LogP contribution in [-0.4, -0.2) is 28.5 Å². The van der Waals surface area contributed by atoms with E-state index in [0.717, 1.165) is 36.1 Å². The minimum absolute atomic E-state index is 0.0828. The molecule has 110 valence electrons. The Morgan fingerprint density at radius 2 is 1.95 bits per heavy atom. The van der Waals surface area contributed by atoms with Crippen molar-refractivity contribution in [2.75, 3.05) is 13.2 Å². The summed E-state index contributed by atoms with van der Waals surface area (Å²) in [5.74, 6) is 0.548. The zero-order valence-electron chi connectivity index (χ0n) is 12.2. The standard InChI is InChI=1S/C17H20N2O2/c1-13-10-15(14-6-3-2-4-7-14)16(19-18-13)21-12-17(11-20)8-5-9-17/h2-4,6-7,10,20H,5,8-9,11-12H2,1H3. The Morgan fingerprint density at radius 1 is 1.19 bits per heavy atom. The molecular weight excluding hydrogens is 264 g/mol. The molecule has 1 heterocycles. The number of aryl methyl sites for hydroxylation is 1. The molecule has 1 fully saturated rings. The van der Waals surface area contributed by atoms with Gasteiger partial charge in [0, 0.05) is 11.0 Å². The smallest absolute Gasteiger partial charge is 0.241 e. The first-order chi connectivity index (χ1) is 10.2. The van der Waals surface area contributed by atoms with Crippen LogP contribution in [0.25, 0.3) is 11.1 Å². The fourth-order valence-electron chi connectivity index (χ4n) is 2.66. The number of rotatable bonds is 5. The quantitative estimate of drug-likeness (QED) is 0.917. The van der Waals surface area contributed by atoms with Crippen molar-refractivity contribution in [2.24, 2.45) is 5.41 Å². The van der Waals surface area contributed by atoms with Gasteiger partial charge in [0.1, 0.15) is 0 Å². The Kier molecular flexibility index (Phi) is 3.88. The van der Waals surface area contributed by atoms with E-state index in [-0.39, 0.29) is 12.0 Å². The lowest BCUT2D eigenvalue weighted by Crippen LogP contribution is -2.39. The molecule has 0 atom stereocenters. The lowest BCUT2D eigenvalue weighted by molar-refractivity contribution is -0.00136. The van der Waals surface area contributed by atoms with Crippen molar-refractivity contribution in [3.8, 4) is 17.0 Å². The number of nitrogens with zero attached hydrogens (tertiary/aromatic N) is 2. The van der Waals surface area contributed by atoms with Crippen molar-refractivity contribution < 1.29 is 9.84 Å². The van der Waals surface area contributed by atoms with Gasteiger partial charge in [-0.2, -0.15) is 5.10 Å². The number of aliphatic hydroxyl groups is 1. The maximum absolute atomic E-state index is 9.53. The zero-order valence-corrected chi connectivity index (χ0v) is 12.2. The molecule has 1 saturated carbocycles. The second-order valence-electron chi connectivity index (χ2n) is 5.87. The molecule has 0 amide bonds. The molecule has 0 bridgehead atoms. The molecule has 3 rings (SSSR count). The maximum Gasteiger partial charge on any atom is 0.241 e. The van der Waals surface area contributed by atoms with Gasteiger partial charge >= 0.3 is 0 Å². The summed E-state index contributed by atoms with van der Waals surface area (Å²) in [4.78, 5) is 0. The highest BCUT2D eigenvalue weighted by molar-refractivity contribution is 5.68. The average molecular weight is 284 g/mol. The Hall–Kier alpha value is -1.94. The second-order valence-corrected chi connectivity index (χ2v) is 5.87. The monoisotopic (exact) mass is 284 g/mol. The Balaban J connectivity index is 1.85. The van der Waals surface area contributed by atoms with Crippen LogP contribution in [0.2, 0.25) is 0 Å². The van der Waals surface area contributed by atoms with Gasteiger partial charge < -0.3 is 9.84 Å². The van der Waals surface area contributed by atoms with Crippen LogP contribution in [0.5, 0.6) is 5.88 Å². The highest BCUT2D eigenvalue weighted by atomic mass is 16.5. The van der Waals surface area contributed by atoms with Crippen molar-refractivity contribution in [1.29, 1.82) is 0 Å². The third kappa shape index (κ3) is 2.90. The average Bonchev–Trinajstić information content (AvgIpc) is 2.49. The Bertz CT molecular complexity index is 604. The summed E-state index contributed by atoms with van der Waals surface area (Å²) < 4.78 is 5.91. The molecule has 2 aromatic rings. The fraction of sp³-hybridized carbons (Fsp3) is 0.412. The van der Waals surface area contributed by atoms with Gasteiger partial charge in [0.15, 0.2) is 0 Å². The van der Waals surface area contributed by atoms with Gasteiger partial charge in [-0.1, -0.05) is 36.8 Å². The van der Waals surface area contributed by atoms with Crippen molar-refractivity contribution in [1.82, 2.24) is 10.2 Å². The Morgan fingerprint density at radius 3 is 2.57 bits per heavy atom. The van der Waals surface area contributed by atoms with Crippen LogP contribution in [0.15, 0.2) is 36.4 Å². The summed E-state index contributed by atoms with van der Waals surface area (Å²) in [5, 5.41) is 17.8. The van der Waals surface area contributed by atoms with Crippen molar-refractivity contribution in [3.05, 3.63) is 42.1 Å². The largest absolute Gasteiger partial charge is 0.475 e. The predicted octanol–water partition coefficient (Wildman–Crippen LogP) is 2.99. The van der Waals surface area contributed by atoms with E-state index in [1.807, 2.05) is 43.3 Å². The summed E-state index contributed by atoms with van der Waals surface area (Å²) in [5.41, 5.74) is 2.80.